The zero-order chi connectivity index (χ0) is 11.2. The molecule has 0 radical (unpaired) electrons. The molecule has 2 rings (SSSR count). The molecule has 0 saturated carbocycles. The quantitative estimate of drug-likeness (QED) is 0.621. The number of rotatable bonds is 6. The predicted octanol–water partition coefficient (Wildman–Crippen LogP) is 2.55. The zero-order valence-electron chi connectivity index (χ0n) is 9.06. The Morgan fingerprint density at radius 1 is 1.25 bits per heavy atom. The number of alkyl halides is 1. The molecule has 1 N–H and O–H groups in total. The Bertz CT molecular complexity index is 440. The van der Waals surface area contributed by atoms with Crippen molar-refractivity contribution in [2.45, 2.75) is 19.3 Å². The summed E-state index contributed by atoms with van der Waals surface area (Å²) in [7, 11) is 0. The first-order valence-electron chi connectivity index (χ1n) is 5.50. The molecular formula is C11H15ClN4. The van der Waals surface area contributed by atoms with Crippen molar-refractivity contribution in [1.82, 2.24) is 14.6 Å². The Balaban J connectivity index is 1.91. The Kier molecular flexibility index (Phi) is 3.99. The van der Waals surface area contributed by atoms with Gasteiger partial charge in [0.15, 0.2) is 5.82 Å². The molecule has 0 aliphatic heterocycles. The van der Waals surface area contributed by atoms with Gasteiger partial charge in [-0.05, 0) is 18.9 Å². The lowest BCUT2D eigenvalue weighted by Gasteiger charge is -2.06. The van der Waals surface area contributed by atoms with Crippen molar-refractivity contribution in [3.63, 3.8) is 0 Å². The summed E-state index contributed by atoms with van der Waals surface area (Å²) in [5.41, 5.74) is 1.01. The van der Waals surface area contributed by atoms with Gasteiger partial charge < -0.3 is 5.32 Å². The van der Waals surface area contributed by atoms with Crippen LogP contribution in [0, 0.1) is 0 Å². The van der Waals surface area contributed by atoms with Crippen LogP contribution in [0.2, 0.25) is 0 Å². The van der Waals surface area contributed by atoms with E-state index >= 15 is 0 Å². The Morgan fingerprint density at radius 2 is 2.19 bits per heavy atom. The molecule has 0 unspecified atom stereocenters. The fourth-order valence-corrected chi connectivity index (χ4v) is 1.79. The number of anilines is 1. The topological polar surface area (TPSA) is 42.2 Å². The van der Waals surface area contributed by atoms with Crippen molar-refractivity contribution in [3.05, 3.63) is 24.7 Å². The molecule has 86 valence electrons. The van der Waals surface area contributed by atoms with Gasteiger partial charge in [0.2, 0.25) is 0 Å². The minimum absolute atomic E-state index is 0.746. The van der Waals surface area contributed by atoms with Gasteiger partial charge in [-0.2, -0.15) is 5.10 Å². The third-order valence-corrected chi connectivity index (χ3v) is 2.69. The number of hydrogen-bond donors (Lipinski definition) is 1. The van der Waals surface area contributed by atoms with Gasteiger partial charge in [-0.15, -0.1) is 11.6 Å². The lowest BCUT2D eigenvalue weighted by molar-refractivity contribution is 0.745. The average Bonchev–Trinajstić information content (AvgIpc) is 2.77. The normalized spacial score (nSPS) is 10.8. The minimum atomic E-state index is 0.746. The Labute approximate surface area is 99.6 Å². The van der Waals surface area contributed by atoms with E-state index in [1.807, 2.05) is 16.8 Å². The fourth-order valence-electron chi connectivity index (χ4n) is 1.60. The van der Waals surface area contributed by atoms with Crippen LogP contribution in [0.3, 0.4) is 0 Å². The van der Waals surface area contributed by atoms with Crippen LogP contribution in [0.1, 0.15) is 19.3 Å². The summed E-state index contributed by atoms with van der Waals surface area (Å²) in [6.07, 6.45) is 8.71. The van der Waals surface area contributed by atoms with Crippen molar-refractivity contribution in [2.75, 3.05) is 17.7 Å². The molecule has 2 heterocycles. The van der Waals surface area contributed by atoms with Crippen molar-refractivity contribution in [1.29, 1.82) is 0 Å². The minimum Gasteiger partial charge on any atom is -0.368 e. The van der Waals surface area contributed by atoms with Gasteiger partial charge in [0.05, 0.1) is 6.20 Å². The van der Waals surface area contributed by atoms with E-state index in [0.29, 0.717) is 0 Å². The van der Waals surface area contributed by atoms with E-state index in [9.17, 15) is 0 Å². The summed E-state index contributed by atoms with van der Waals surface area (Å²) in [6, 6.07) is 1.95. The molecule has 0 amide bonds. The first-order chi connectivity index (χ1) is 7.92. The lowest BCUT2D eigenvalue weighted by Crippen LogP contribution is -2.05. The van der Waals surface area contributed by atoms with Gasteiger partial charge in [0.1, 0.15) is 5.52 Å². The first-order valence-corrected chi connectivity index (χ1v) is 6.03. The molecule has 5 heteroatoms. The number of aromatic nitrogens is 3. The molecule has 0 atom stereocenters. The van der Waals surface area contributed by atoms with Crippen LogP contribution in [-0.4, -0.2) is 27.0 Å². The second-order valence-electron chi connectivity index (χ2n) is 3.61. The van der Waals surface area contributed by atoms with E-state index in [1.165, 1.54) is 0 Å². The molecule has 0 bridgehead atoms. The van der Waals surface area contributed by atoms with E-state index in [1.54, 1.807) is 12.4 Å². The SMILES string of the molecule is ClCCCCCNc1nccn2nccc12. The van der Waals surface area contributed by atoms with Crippen LogP contribution in [0.25, 0.3) is 5.52 Å². The third-order valence-electron chi connectivity index (χ3n) is 2.43. The molecule has 0 aliphatic carbocycles. The van der Waals surface area contributed by atoms with Crippen molar-refractivity contribution >= 4 is 22.9 Å². The van der Waals surface area contributed by atoms with Crippen molar-refractivity contribution in [3.8, 4) is 0 Å². The largest absolute Gasteiger partial charge is 0.368 e. The highest BCUT2D eigenvalue weighted by Gasteiger charge is 2.01. The summed E-state index contributed by atoms with van der Waals surface area (Å²) in [4.78, 5) is 4.30. The highest BCUT2D eigenvalue weighted by Crippen LogP contribution is 2.12. The number of fused-ring (bicyclic) bond motifs is 1. The molecule has 0 aromatic carbocycles. The maximum atomic E-state index is 5.62. The van der Waals surface area contributed by atoms with Crippen LogP contribution >= 0.6 is 11.6 Å². The Hall–Kier alpha value is -1.29. The lowest BCUT2D eigenvalue weighted by atomic mass is 10.2. The highest BCUT2D eigenvalue weighted by atomic mass is 35.5. The maximum absolute atomic E-state index is 5.62. The van der Waals surface area contributed by atoms with Crippen molar-refractivity contribution < 1.29 is 0 Å². The summed E-state index contributed by atoms with van der Waals surface area (Å²) in [6.45, 7) is 0.925. The number of hydrogen-bond acceptors (Lipinski definition) is 3. The van der Waals surface area contributed by atoms with Gasteiger partial charge in [0, 0.05) is 24.8 Å². The van der Waals surface area contributed by atoms with Gasteiger partial charge in [-0.25, -0.2) is 9.50 Å². The monoisotopic (exact) mass is 238 g/mol. The maximum Gasteiger partial charge on any atom is 0.152 e. The Morgan fingerprint density at radius 3 is 3.06 bits per heavy atom. The summed E-state index contributed by atoms with van der Waals surface area (Å²) < 4.78 is 1.81. The van der Waals surface area contributed by atoms with Gasteiger partial charge in [-0.3, -0.25) is 0 Å². The zero-order valence-corrected chi connectivity index (χ0v) is 9.82. The molecule has 0 fully saturated rings. The molecule has 4 nitrogen and oxygen atoms in total. The molecular weight excluding hydrogens is 224 g/mol. The van der Waals surface area contributed by atoms with Gasteiger partial charge in [-0.1, -0.05) is 6.42 Å². The van der Waals surface area contributed by atoms with E-state index in [-0.39, 0.29) is 0 Å². The fraction of sp³-hybridized carbons (Fsp3) is 0.455. The number of unbranched alkanes of at least 4 members (excludes halogenated alkanes) is 2. The summed E-state index contributed by atoms with van der Waals surface area (Å²) in [5.74, 6) is 1.64. The van der Waals surface area contributed by atoms with Crippen LogP contribution in [0.4, 0.5) is 5.82 Å². The number of halogens is 1. The highest BCUT2D eigenvalue weighted by molar-refractivity contribution is 6.17. The molecule has 16 heavy (non-hydrogen) atoms. The van der Waals surface area contributed by atoms with Crippen molar-refractivity contribution in [2.24, 2.45) is 0 Å². The standard InChI is InChI=1S/C11H15ClN4/c12-5-2-1-3-6-13-11-10-4-7-15-16(10)9-8-14-11/h4,7-9H,1-3,5-6H2,(H,13,14). The smallest absolute Gasteiger partial charge is 0.152 e. The predicted molar refractivity (Wildman–Crippen MR) is 66.0 cm³/mol. The first kappa shape index (κ1) is 11.2. The molecule has 2 aromatic rings. The molecule has 0 aliphatic rings. The van der Waals surface area contributed by atoms with E-state index in [4.69, 9.17) is 11.6 Å². The summed E-state index contributed by atoms with van der Waals surface area (Å²) in [5, 5.41) is 7.47. The average molecular weight is 239 g/mol. The number of nitrogens with one attached hydrogen (secondary N) is 1. The van der Waals surface area contributed by atoms with Crippen LogP contribution < -0.4 is 5.32 Å². The van der Waals surface area contributed by atoms with Crippen LogP contribution in [-0.2, 0) is 0 Å². The molecule has 0 spiro atoms. The van der Waals surface area contributed by atoms with Gasteiger partial charge in [0.25, 0.3) is 0 Å². The van der Waals surface area contributed by atoms with Crippen LogP contribution in [0.15, 0.2) is 24.7 Å². The second-order valence-corrected chi connectivity index (χ2v) is 3.99. The second kappa shape index (κ2) is 5.70. The number of nitrogens with zero attached hydrogens (tertiary/aromatic N) is 3. The molecule has 2 aromatic heterocycles. The van der Waals surface area contributed by atoms with E-state index < -0.39 is 0 Å². The third kappa shape index (κ3) is 2.64. The van der Waals surface area contributed by atoms with E-state index in [2.05, 4.69) is 15.4 Å². The van der Waals surface area contributed by atoms with Gasteiger partial charge >= 0.3 is 0 Å². The summed E-state index contributed by atoms with van der Waals surface area (Å²) >= 11 is 5.62. The molecule has 0 saturated heterocycles. The van der Waals surface area contributed by atoms with Crippen LogP contribution in [0.5, 0.6) is 0 Å². The van der Waals surface area contributed by atoms with E-state index in [0.717, 1.165) is 43.0 Å².